The highest BCUT2D eigenvalue weighted by atomic mass is 32.2. The van der Waals surface area contributed by atoms with Crippen molar-refractivity contribution in [3.05, 3.63) is 36.7 Å². The Balaban J connectivity index is 2.06. The monoisotopic (exact) mass is 354 g/mol. The van der Waals surface area contributed by atoms with Crippen molar-refractivity contribution in [1.29, 1.82) is 0 Å². The molecule has 124 valence electrons. The van der Waals surface area contributed by atoms with E-state index in [2.05, 4.69) is 10.3 Å². The lowest BCUT2D eigenvalue weighted by Crippen LogP contribution is -2.25. The van der Waals surface area contributed by atoms with Crippen LogP contribution in [-0.2, 0) is 21.9 Å². The molecule has 1 unspecified atom stereocenters. The Morgan fingerprint density at radius 2 is 2.04 bits per heavy atom. The highest BCUT2D eigenvalue weighted by Crippen LogP contribution is 2.24. The quantitative estimate of drug-likeness (QED) is 0.766. The van der Waals surface area contributed by atoms with Gasteiger partial charge in [-0.2, -0.15) is 0 Å². The lowest BCUT2D eigenvalue weighted by atomic mass is 10.3. The molecule has 0 bridgehead atoms. The molecule has 7 nitrogen and oxygen atoms in total. The van der Waals surface area contributed by atoms with E-state index in [9.17, 15) is 13.2 Å². The largest absolute Gasteiger partial charge is 0.329 e. The second-order valence-corrected chi connectivity index (χ2v) is 7.63. The van der Waals surface area contributed by atoms with Gasteiger partial charge in [0.15, 0.2) is 5.16 Å². The van der Waals surface area contributed by atoms with Gasteiger partial charge >= 0.3 is 0 Å². The van der Waals surface area contributed by atoms with Gasteiger partial charge in [0.1, 0.15) is 0 Å². The van der Waals surface area contributed by atoms with Crippen LogP contribution in [0, 0.1) is 0 Å². The first-order valence-corrected chi connectivity index (χ1v) is 9.31. The second-order valence-electron chi connectivity index (χ2n) is 4.89. The van der Waals surface area contributed by atoms with E-state index >= 15 is 0 Å². The number of aromatic nitrogens is 2. The third-order valence-corrected chi connectivity index (χ3v) is 5.50. The highest BCUT2D eigenvalue weighted by Gasteiger charge is 2.20. The van der Waals surface area contributed by atoms with Crippen molar-refractivity contribution < 1.29 is 13.2 Å². The van der Waals surface area contributed by atoms with Gasteiger partial charge in [0.25, 0.3) is 0 Å². The summed E-state index contributed by atoms with van der Waals surface area (Å²) in [5.41, 5.74) is 0.515. The standard InChI is InChI=1S/C14H18N4O3S2/c1-3-12(22-14-16-8-9-18(14)2)13(19)17-10-4-6-11(7-5-10)23(15,20)21/h4-9,12H,3H2,1-2H3,(H,17,19)(H2,15,20,21). The maximum Gasteiger partial charge on any atom is 0.238 e. The predicted molar refractivity (Wildman–Crippen MR) is 89.6 cm³/mol. The number of anilines is 1. The van der Waals surface area contributed by atoms with E-state index < -0.39 is 10.0 Å². The molecule has 0 spiro atoms. The van der Waals surface area contributed by atoms with Crippen LogP contribution in [0.25, 0.3) is 0 Å². The fourth-order valence-electron chi connectivity index (χ4n) is 1.87. The molecule has 2 aromatic rings. The van der Waals surface area contributed by atoms with Crippen molar-refractivity contribution in [2.75, 3.05) is 5.32 Å². The number of nitrogens with one attached hydrogen (secondary N) is 1. The lowest BCUT2D eigenvalue weighted by Gasteiger charge is -2.14. The van der Waals surface area contributed by atoms with Crippen molar-refractivity contribution in [3.8, 4) is 0 Å². The molecule has 0 aliphatic carbocycles. The first-order valence-electron chi connectivity index (χ1n) is 6.89. The van der Waals surface area contributed by atoms with Crippen LogP contribution in [-0.4, -0.2) is 29.1 Å². The van der Waals surface area contributed by atoms with Crippen LogP contribution in [0.1, 0.15) is 13.3 Å². The number of sulfonamides is 1. The first-order chi connectivity index (χ1) is 10.8. The van der Waals surface area contributed by atoms with E-state index in [1.54, 1.807) is 6.20 Å². The molecule has 1 atom stereocenters. The topological polar surface area (TPSA) is 107 Å². The molecule has 2 rings (SSSR count). The number of hydrogen-bond donors (Lipinski definition) is 2. The first kappa shape index (κ1) is 17.5. The number of primary sulfonamides is 1. The van der Waals surface area contributed by atoms with Gasteiger partial charge in [-0.3, -0.25) is 4.79 Å². The van der Waals surface area contributed by atoms with Gasteiger partial charge in [-0.15, -0.1) is 0 Å². The van der Waals surface area contributed by atoms with Crippen LogP contribution >= 0.6 is 11.8 Å². The van der Waals surface area contributed by atoms with Crippen LogP contribution in [0.3, 0.4) is 0 Å². The molecule has 0 aliphatic rings. The molecule has 0 saturated carbocycles. The van der Waals surface area contributed by atoms with Crippen LogP contribution < -0.4 is 10.5 Å². The number of nitrogens with two attached hydrogens (primary N) is 1. The van der Waals surface area contributed by atoms with E-state index in [1.165, 1.54) is 36.0 Å². The number of aryl methyl sites for hydroxylation is 1. The molecule has 0 saturated heterocycles. The van der Waals surface area contributed by atoms with E-state index in [-0.39, 0.29) is 16.1 Å². The number of thioether (sulfide) groups is 1. The van der Waals surface area contributed by atoms with E-state index in [1.807, 2.05) is 24.7 Å². The lowest BCUT2D eigenvalue weighted by molar-refractivity contribution is -0.115. The number of carbonyl (C=O) groups is 1. The van der Waals surface area contributed by atoms with Gasteiger partial charge in [0.05, 0.1) is 10.1 Å². The van der Waals surface area contributed by atoms with Gasteiger partial charge < -0.3 is 9.88 Å². The molecule has 23 heavy (non-hydrogen) atoms. The zero-order chi connectivity index (χ0) is 17.0. The number of carbonyl (C=O) groups excluding carboxylic acids is 1. The van der Waals surface area contributed by atoms with E-state index in [0.29, 0.717) is 12.1 Å². The molecular formula is C14H18N4O3S2. The third-order valence-electron chi connectivity index (χ3n) is 3.14. The van der Waals surface area contributed by atoms with Crippen molar-refractivity contribution in [1.82, 2.24) is 9.55 Å². The van der Waals surface area contributed by atoms with Gasteiger partial charge in [-0.25, -0.2) is 18.5 Å². The number of imidazole rings is 1. The molecule has 9 heteroatoms. The molecule has 0 fully saturated rings. The fraction of sp³-hybridized carbons (Fsp3) is 0.286. The molecule has 1 heterocycles. The molecule has 3 N–H and O–H groups in total. The Kier molecular flexibility index (Phi) is 5.45. The van der Waals surface area contributed by atoms with Crippen molar-refractivity contribution in [2.24, 2.45) is 12.2 Å². The Morgan fingerprint density at radius 1 is 1.39 bits per heavy atom. The zero-order valence-corrected chi connectivity index (χ0v) is 14.4. The minimum absolute atomic E-state index is 0.00456. The van der Waals surface area contributed by atoms with E-state index in [0.717, 1.165) is 5.16 Å². The van der Waals surface area contributed by atoms with Crippen molar-refractivity contribution >= 4 is 33.4 Å². The van der Waals surface area contributed by atoms with Crippen LogP contribution in [0.15, 0.2) is 46.7 Å². The molecule has 0 radical (unpaired) electrons. The summed E-state index contributed by atoms with van der Waals surface area (Å²) in [5.74, 6) is -0.163. The minimum Gasteiger partial charge on any atom is -0.329 e. The van der Waals surface area contributed by atoms with Crippen LogP contribution in [0.2, 0.25) is 0 Å². The molecule has 1 amide bonds. The highest BCUT2D eigenvalue weighted by molar-refractivity contribution is 8.00. The molecule has 0 aliphatic heterocycles. The summed E-state index contributed by atoms with van der Waals surface area (Å²) < 4.78 is 24.3. The van der Waals surface area contributed by atoms with Crippen molar-refractivity contribution in [3.63, 3.8) is 0 Å². The molecule has 1 aromatic heterocycles. The number of rotatable bonds is 6. The summed E-state index contributed by atoms with van der Waals surface area (Å²) in [7, 11) is -1.87. The van der Waals surface area contributed by atoms with Gasteiger partial charge in [0.2, 0.25) is 15.9 Å². The van der Waals surface area contributed by atoms with E-state index in [4.69, 9.17) is 5.14 Å². The summed E-state index contributed by atoms with van der Waals surface area (Å²) in [6.07, 6.45) is 4.14. The summed E-state index contributed by atoms with van der Waals surface area (Å²) in [5, 5.41) is 8.27. The smallest absolute Gasteiger partial charge is 0.238 e. The minimum atomic E-state index is -3.74. The summed E-state index contributed by atoms with van der Waals surface area (Å²) >= 11 is 1.38. The van der Waals surface area contributed by atoms with Crippen LogP contribution in [0.4, 0.5) is 5.69 Å². The summed E-state index contributed by atoms with van der Waals surface area (Å²) in [6, 6.07) is 5.74. The Labute approximate surface area is 139 Å². The van der Waals surface area contributed by atoms with Gasteiger partial charge in [0, 0.05) is 25.1 Å². The van der Waals surface area contributed by atoms with Gasteiger partial charge in [-0.05, 0) is 30.7 Å². The summed E-state index contributed by atoms with van der Waals surface area (Å²) in [6.45, 7) is 1.92. The second kappa shape index (κ2) is 7.16. The Morgan fingerprint density at radius 3 is 2.52 bits per heavy atom. The maximum absolute atomic E-state index is 12.4. The Hall–Kier alpha value is -1.84. The fourth-order valence-corrected chi connectivity index (χ4v) is 3.32. The zero-order valence-electron chi connectivity index (χ0n) is 12.8. The number of benzene rings is 1. The third kappa shape index (κ3) is 4.57. The summed E-state index contributed by atoms with van der Waals surface area (Å²) in [4.78, 5) is 16.6. The predicted octanol–water partition coefficient (Wildman–Crippen LogP) is 1.58. The molecular weight excluding hydrogens is 336 g/mol. The Bertz CT molecular complexity index is 785. The number of hydrogen-bond acceptors (Lipinski definition) is 5. The number of nitrogens with zero attached hydrogens (tertiary/aromatic N) is 2. The SMILES string of the molecule is CCC(Sc1nccn1C)C(=O)Nc1ccc(S(N)(=O)=O)cc1. The van der Waals surface area contributed by atoms with Crippen molar-refractivity contribution in [2.45, 2.75) is 28.6 Å². The van der Waals surface area contributed by atoms with Crippen LogP contribution in [0.5, 0.6) is 0 Å². The maximum atomic E-state index is 12.4. The molecule has 1 aromatic carbocycles. The number of amides is 1. The van der Waals surface area contributed by atoms with Gasteiger partial charge in [-0.1, -0.05) is 18.7 Å². The average molecular weight is 354 g/mol. The normalized spacial score (nSPS) is 12.8. The average Bonchev–Trinajstić information content (AvgIpc) is 2.89.